The standard InChI is InChI=1S/C24H41NO4/c1-7-8-9-10-11-18-28-21-14-12-20(13-15-21)16-17-24(6,19(2)26)25-22(27)29-23(3,4)5/h12-15,19,26H,7-11,16-18H2,1-6H3,(H,25,27)/t19-,24+/m0/s1. The average molecular weight is 408 g/mol. The van der Waals surface area contributed by atoms with E-state index >= 15 is 0 Å². The van der Waals surface area contributed by atoms with Gasteiger partial charge in [-0.15, -0.1) is 0 Å². The lowest BCUT2D eigenvalue weighted by Crippen LogP contribution is -2.54. The number of hydrogen-bond donors (Lipinski definition) is 2. The van der Waals surface area contributed by atoms with Crippen molar-refractivity contribution in [3.05, 3.63) is 29.8 Å². The number of hydrogen-bond acceptors (Lipinski definition) is 4. The highest BCUT2D eigenvalue weighted by Crippen LogP contribution is 2.21. The van der Waals surface area contributed by atoms with E-state index in [4.69, 9.17) is 9.47 Å². The van der Waals surface area contributed by atoms with Gasteiger partial charge in [0.15, 0.2) is 0 Å². The van der Waals surface area contributed by atoms with Gasteiger partial charge in [0.05, 0.1) is 18.2 Å². The maximum atomic E-state index is 12.2. The van der Waals surface area contributed by atoms with Crippen LogP contribution in [-0.4, -0.2) is 35.1 Å². The summed E-state index contributed by atoms with van der Waals surface area (Å²) in [5.41, 5.74) is -0.205. The summed E-state index contributed by atoms with van der Waals surface area (Å²) in [5.74, 6) is 0.884. The van der Waals surface area contributed by atoms with E-state index in [1.165, 1.54) is 25.7 Å². The highest BCUT2D eigenvalue weighted by Gasteiger charge is 2.33. The van der Waals surface area contributed by atoms with Crippen LogP contribution in [0.3, 0.4) is 0 Å². The summed E-state index contributed by atoms with van der Waals surface area (Å²) in [5, 5.41) is 13.1. The summed E-state index contributed by atoms with van der Waals surface area (Å²) < 4.78 is 11.2. The zero-order valence-corrected chi connectivity index (χ0v) is 19.2. The van der Waals surface area contributed by atoms with E-state index in [9.17, 15) is 9.90 Å². The molecule has 0 aliphatic carbocycles. The molecule has 1 aromatic rings. The summed E-state index contributed by atoms with van der Waals surface area (Å²) in [4.78, 5) is 12.2. The number of aliphatic hydroxyl groups excluding tert-OH is 1. The Hall–Kier alpha value is -1.75. The largest absolute Gasteiger partial charge is 0.494 e. The second-order valence-corrected chi connectivity index (χ2v) is 9.13. The third-order valence-corrected chi connectivity index (χ3v) is 5.08. The second kappa shape index (κ2) is 12.1. The zero-order valence-electron chi connectivity index (χ0n) is 19.2. The number of alkyl carbamates (subject to hydrolysis) is 1. The molecule has 1 rings (SSSR count). The molecule has 0 aromatic heterocycles. The minimum Gasteiger partial charge on any atom is -0.494 e. The molecule has 0 fully saturated rings. The number of benzene rings is 1. The summed E-state index contributed by atoms with van der Waals surface area (Å²) >= 11 is 0. The molecule has 0 saturated carbocycles. The Morgan fingerprint density at radius 1 is 1.07 bits per heavy atom. The van der Waals surface area contributed by atoms with Gasteiger partial charge in [0.25, 0.3) is 0 Å². The van der Waals surface area contributed by atoms with Gasteiger partial charge in [-0.3, -0.25) is 0 Å². The molecule has 0 heterocycles. The summed E-state index contributed by atoms with van der Waals surface area (Å²) in [6, 6.07) is 8.06. The first-order valence-corrected chi connectivity index (χ1v) is 11.0. The summed E-state index contributed by atoms with van der Waals surface area (Å²) in [6.45, 7) is 12.0. The molecule has 5 nitrogen and oxygen atoms in total. The highest BCUT2D eigenvalue weighted by atomic mass is 16.6. The molecule has 0 aliphatic heterocycles. The Morgan fingerprint density at radius 2 is 1.69 bits per heavy atom. The molecule has 1 amide bonds. The first-order valence-electron chi connectivity index (χ1n) is 11.0. The number of aryl methyl sites for hydroxylation is 1. The van der Waals surface area contributed by atoms with Crippen molar-refractivity contribution in [3.63, 3.8) is 0 Å². The molecule has 2 N–H and O–H groups in total. The molecule has 5 heteroatoms. The van der Waals surface area contributed by atoms with E-state index in [1.54, 1.807) is 6.92 Å². The van der Waals surface area contributed by atoms with Crippen molar-refractivity contribution in [1.29, 1.82) is 0 Å². The number of carbonyl (C=O) groups excluding carboxylic acids is 1. The number of amides is 1. The molecular weight excluding hydrogens is 366 g/mol. The monoisotopic (exact) mass is 407 g/mol. The predicted molar refractivity (Wildman–Crippen MR) is 118 cm³/mol. The molecule has 0 bridgehead atoms. The predicted octanol–water partition coefficient (Wildman–Crippen LogP) is 5.63. The molecule has 29 heavy (non-hydrogen) atoms. The molecular formula is C24H41NO4. The number of aliphatic hydroxyl groups is 1. The fraction of sp³-hybridized carbons (Fsp3) is 0.708. The Balaban J connectivity index is 2.51. The maximum Gasteiger partial charge on any atom is 0.408 e. The van der Waals surface area contributed by atoms with Crippen LogP contribution in [0.25, 0.3) is 0 Å². The number of nitrogens with one attached hydrogen (secondary N) is 1. The molecule has 0 unspecified atom stereocenters. The first-order chi connectivity index (χ1) is 13.6. The van der Waals surface area contributed by atoms with Gasteiger partial charge in [0.1, 0.15) is 11.4 Å². The smallest absolute Gasteiger partial charge is 0.408 e. The SMILES string of the molecule is CCCCCCCOc1ccc(CC[C@@](C)(NC(=O)OC(C)(C)C)[C@H](C)O)cc1. The molecule has 166 valence electrons. The lowest BCUT2D eigenvalue weighted by atomic mass is 9.88. The van der Waals surface area contributed by atoms with Crippen LogP contribution >= 0.6 is 0 Å². The second-order valence-electron chi connectivity index (χ2n) is 9.13. The molecule has 1 aromatic carbocycles. The fourth-order valence-corrected chi connectivity index (χ4v) is 2.96. The minimum absolute atomic E-state index is 0.511. The molecule has 2 atom stereocenters. The van der Waals surface area contributed by atoms with E-state index < -0.39 is 23.3 Å². The van der Waals surface area contributed by atoms with Crippen LogP contribution < -0.4 is 10.1 Å². The topological polar surface area (TPSA) is 67.8 Å². The van der Waals surface area contributed by atoms with Crippen molar-refractivity contribution in [2.45, 2.75) is 104 Å². The van der Waals surface area contributed by atoms with Gasteiger partial charge in [-0.2, -0.15) is 0 Å². The maximum absolute atomic E-state index is 12.2. The first kappa shape index (κ1) is 25.3. The molecule has 0 radical (unpaired) electrons. The van der Waals surface area contributed by atoms with E-state index in [1.807, 2.05) is 52.0 Å². The van der Waals surface area contributed by atoms with Crippen LogP contribution in [0.4, 0.5) is 4.79 Å². The van der Waals surface area contributed by atoms with E-state index in [2.05, 4.69) is 12.2 Å². The number of ether oxygens (including phenoxy) is 2. The fourth-order valence-electron chi connectivity index (χ4n) is 2.96. The van der Waals surface area contributed by atoms with Crippen molar-refractivity contribution in [3.8, 4) is 5.75 Å². The molecule has 0 aliphatic rings. The van der Waals surface area contributed by atoms with E-state index in [0.717, 1.165) is 30.8 Å². The number of rotatable bonds is 12. The van der Waals surface area contributed by atoms with Gasteiger partial charge < -0.3 is 19.9 Å². The van der Waals surface area contributed by atoms with Crippen LogP contribution in [-0.2, 0) is 11.2 Å². The summed E-state index contributed by atoms with van der Waals surface area (Å²) in [7, 11) is 0. The van der Waals surface area contributed by atoms with E-state index in [0.29, 0.717) is 6.42 Å². The average Bonchev–Trinajstić information content (AvgIpc) is 2.62. The van der Waals surface area contributed by atoms with Gasteiger partial charge in [0, 0.05) is 0 Å². The normalized spacial score (nSPS) is 14.7. The van der Waals surface area contributed by atoms with Gasteiger partial charge in [-0.05, 0) is 71.6 Å². The van der Waals surface area contributed by atoms with E-state index in [-0.39, 0.29) is 0 Å². The Kier molecular flexibility index (Phi) is 10.5. The minimum atomic E-state index is -0.768. The van der Waals surface area contributed by atoms with Gasteiger partial charge >= 0.3 is 6.09 Å². The quantitative estimate of drug-likeness (QED) is 0.440. The van der Waals surface area contributed by atoms with Crippen LogP contribution in [0, 0.1) is 0 Å². The third kappa shape index (κ3) is 10.6. The Morgan fingerprint density at radius 3 is 2.24 bits per heavy atom. The Bertz CT molecular complexity index is 592. The summed E-state index contributed by atoms with van der Waals surface area (Å²) in [6.07, 6.45) is 6.24. The van der Waals surface area contributed by atoms with Crippen molar-refractivity contribution >= 4 is 6.09 Å². The van der Waals surface area contributed by atoms with Gasteiger partial charge in [-0.1, -0.05) is 44.7 Å². The lowest BCUT2D eigenvalue weighted by molar-refractivity contribution is 0.0276. The third-order valence-electron chi connectivity index (χ3n) is 5.08. The highest BCUT2D eigenvalue weighted by molar-refractivity contribution is 5.68. The van der Waals surface area contributed by atoms with Gasteiger partial charge in [0.2, 0.25) is 0 Å². The lowest BCUT2D eigenvalue weighted by Gasteiger charge is -2.34. The zero-order chi connectivity index (χ0) is 21.9. The van der Waals surface area contributed by atoms with Crippen LogP contribution in [0.15, 0.2) is 24.3 Å². The number of carbonyl (C=O) groups is 1. The van der Waals surface area contributed by atoms with Gasteiger partial charge in [-0.25, -0.2) is 4.79 Å². The van der Waals surface area contributed by atoms with Crippen LogP contribution in [0.2, 0.25) is 0 Å². The van der Waals surface area contributed by atoms with Crippen LogP contribution in [0.5, 0.6) is 5.75 Å². The van der Waals surface area contributed by atoms with Crippen molar-refractivity contribution in [2.24, 2.45) is 0 Å². The Labute approximate surface area is 177 Å². The van der Waals surface area contributed by atoms with Crippen molar-refractivity contribution in [1.82, 2.24) is 5.32 Å². The molecule has 0 spiro atoms. The number of unbranched alkanes of at least 4 members (excludes halogenated alkanes) is 4. The molecule has 0 saturated heterocycles. The van der Waals surface area contributed by atoms with Crippen molar-refractivity contribution < 1.29 is 19.4 Å². The van der Waals surface area contributed by atoms with Crippen molar-refractivity contribution in [2.75, 3.05) is 6.61 Å². The van der Waals surface area contributed by atoms with Crippen LogP contribution in [0.1, 0.15) is 85.6 Å².